The molecule has 1 aliphatic heterocycles. The summed E-state index contributed by atoms with van der Waals surface area (Å²) in [5.41, 5.74) is 7.33. The standard InChI is InChI=1S/C26H27Br2N4O2/c1-17-12-21(27)14-19-2-3-20-15-22(28)16-29-25(20)26(24(17)19)31-10-8-30(9-11-31)23(33)13-18-4-6-32(34)7-5-18/h4-7,12,14-16,26,34H,2-3,8-11,13H2,1H3/q+1. The minimum Gasteiger partial charge on any atom is -0.340 e. The fraction of sp³-hybridized carbons (Fsp3) is 0.346. The molecule has 1 unspecified atom stereocenters. The first kappa shape index (κ1) is 23.5. The highest BCUT2D eigenvalue weighted by Gasteiger charge is 2.34. The molecule has 8 heteroatoms. The van der Waals surface area contributed by atoms with Crippen LogP contribution in [0.3, 0.4) is 0 Å². The summed E-state index contributed by atoms with van der Waals surface area (Å²) in [6.07, 6.45) is 7.30. The Morgan fingerprint density at radius 3 is 2.47 bits per heavy atom. The molecule has 3 heterocycles. The van der Waals surface area contributed by atoms with Crippen LogP contribution in [-0.4, -0.2) is 52.1 Å². The zero-order chi connectivity index (χ0) is 23.8. The van der Waals surface area contributed by atoms with E-state index >= 15 is 0 Å². The topological polar surface area (TPSA) is 60.5 Å². The van der Waals surface area contributed by atoms with Crippen molar-refractivity contribution in [1.82, 2.24) is 14.8 Å². The third-order valence-electron chi connectivity index (χ3n) is 6.87. The molecule has 1 aromatic carbocycles. The zero-order valence-electron chi connectivity index (χ0n) is 19.0. The molecule has 1 fully saturated rings. The first-order valence-electron chi connectivity index (χ1n) is 11.5. The molecule has 6 nitrogen and oxygen atoms in total. The maximum absolute atomic E-state index is 12.9. The quantitative estimate of drug-likeness (QED) is 0.372. The van der Waals surface area contributed by atoms with Crippen molar-refractivity contribution in [2.24, 2.45) is 0 Å². The monoisotopic (exact) mass is 585 g/mol. The number of nitrogens with zero attached hydrogens (tertiary/aromatic N) is 4. The molecular weight excluding hydrogens is 560 g/mol. The number of fused-ring (bicyclic) bond motifs is 2. The zero-order valence-corrected chi connectivity index (χ0v) is 22.2. The molecule has 3 aromatic rings. The largest absolute Gasteiger partial charge is 0.340 e. The summed E-state index contributed by atoms with van der Waals surface area (Å²) in [7, 11) is 0. The number of hydrogen-bond donors (Lipinski definition) is 1. The predicted molar refractivity (Wildman–Crippen MR) is 136 cm³/mol. The van der Waals surface area contributed by atoms with E-state index in [1.165, 1.54) is 22.3 Å². The van der Waals surface area contributed by atoms with Gasteiger partial charge >= 0.3 is 0 Å². The van der Waals surface area contributed by atoms with Crippen LogP contribution in [-0.2, 0) is 24.1 Å². The van der Waals surface area contributed by atoms with E-state index in [0.717, 1.165) is 50.9 Å². The fourth-order valence-electron chi connectivity index (χ4n) is 5.20. The van der Waals surface area contributed by atoms with Crippen LogP contribution < -0.4 is 4.73 Å². The number of amides is 1. The van der Waals surface area contributed by atoms with Gasteiger partial charge in [-0.25, -0.2) is 0 Å². The van der Waals surface area contributed by atoms with Crippen molar-refractivity contribution in [2.45, 2.75) is 32.2 Å². The van der Waals surface area contributed by atoms with Crippen LogP contribution in [0.4, 0.5) is 0 Å². The number of pyridine rings is 2. The highest BCUT2D eigenvalue weighted by Crippen LogP contribution is 2.39. The molecule has 2 aromatic heterocycles. The van der Waals surface area contributed by atoms with Gasteiger partial charge in [-0.15, -0.1) is 0 Å². The number of benzene rings is 1. The van der Waals surface area contributed by atoms with Gasteiger partial charge in [-0.3, -0.25) is 19.9 Å². The SMILES string of the molecule is Cc1cc(Br)cc2c1C(N1CCN(C(=O)Cc3cc[n+](O)cc3)CC1)c1ncc(Br)cc1CC2. The van der Waals surface area contributed by atoms with Gasteiger partial charge in [0, 0.05) is 58.2 Å². The summed E-state index contributed by atoms with van der Waals surface area (Å²) in [5, 5.41) is 9.41. The van der Waals surface area contributed by atoms with Crippen LogP contribution in [0.25, 0.3) is 0 Å². The molecule has 1 amide bonds. The second-order valence-corrected chi connectivity index (χ2v) is 10.9. The lowest BCUT2D eigenvalue weighted by Crippen LogP contribution is -2.50. The van der Waals surface area contributed by atoms with Gasteiger partial charge in [-0.2, -0.15) is 0 Å². The van der Waals surface area contributed by atoms with Crippen molar-refractivity contribution in [3.05, 3.63) is 91.4 Å². The van der Waals surface area contributed by atoms with Gasteiger partial charge in [-0.05, 0) is 81.7 Å². The molecule has 1 aliphatic carbocycles. The summed E-state index contributed by atoms with van der Waals surface area (Å²) in [6, 6.07) is 10.3. The normalized spacial score (nSPS) is 18.2. The molecule has 0 spiro atoms. The second kappa shape index (κ2) is 9.76. The summed E-state index contributed by atoms with van der Waals surface area (Å²) in [4.78, 5) is 22.3. The smallest absolute Gasteiger partial charge is 0.227 e. The second-order valence-electron chi connectivity index (χ2n) is 9.08. The Bertz CT molecular complexity index is 1220. The Morgan fingerprint density at radius 2 is 1.74 bits per heavy atom. The summed E-state index contributed by atoms with van der Waals surface area (Å²) in [5.74, 6) is 0.124. The molecule has 1 atom stereocenters. The molecule has 34 heavy (non-hydrogen) atoms. The number of aryl methyl sites for hydroxylation is 3. The van der Waals surface area contributed by atoms with Gasteiger partial charge in [0.2, 0.25) is 18.3 Å². The maximum atomic E-state index is 12.9. The Morgan fingerprint density at radius 1 is 1.06 bits per heavy atom. The highest BCUT2D eigenvalue weighted by molar-refractivity contribution is 9.10. The van der Waals surface area contributed by atoms with E-state index in [9.17, 15) is 10.0 Å². The van der Waals surface area contributed by atoms with Crippen LogP contribution in [0.2, 0.25) is 0 Å². The first-order chi connectivity index (χ1) is 16.4. The van der Waals surface area contributed by atoms with Crippen molar-refractivity contribution in [3.8, 4) is 0 Å². The fourth-order valence-corrected chi connectivity index (χ4v) is 6.20. The molecule has 0 saturated carbocycles. The van der Waals surface area contributed by atoms with Crippen LogP contribution in [0.5, 0.6) is 0 Å². The Labute approximate surface area is 216 Å². The number of carbonyl (C=O) groups excluding carboxylic acids is 1. The van der Waals surface area contributed by atoms with Gasteiger partial charge in [0.15, 0.2) is 0 Å². The number of hydrogen-bond acceptors (Lipinski definition) is 4. The molecule has 0 bridgehead atoms. The lowest BCUT2D eigenvalue weighted by molar-refractivity contribution is -0.904. The maximum Gasteiger partial charge on any atom is 0.227 e. The lowest BCUT2D eigenvalue weighted by Gasteiger charge is -2.40. The van der Waals surface area contributed by atoms with Crippen molar-refractivity contribution >= 4 is 37.8 Å². The van der Waals surface area contributed by atoms with Gasteiger partial charge < -0.3 is 4.90 Å². The third-order valence-corrected chi connectivity index (χ3v) is 7.76. The van der Waals surface area contributed by atoms with Crippen LogP contribution in [0.1, 0.15) is 39.6 Å². The average molecular weight is 587 g/mol. The van der Waals surface area contributed by atoms with Crippen LogP contribution >= 0.6 is 31.9 Å². The minimum absolute atomic E-state index is 0.0834. The van der Waals surface area contributed by atoms with E-state index in [2.05, 4.69) is 61.9 Å². The Hall–Kier alpha value is -2.29. The summed E-state index contributed by atoms with van der Waals surface area (Å²) in [6.45, 7) is 5.18. The Balaban J connectivity index is 1.40. The predicted octanol–water partition coefficient (Wildman–Crippen LogP) is 4.01. The molecule has 0 radical (unpaired) electrons. The van der Waals surface area contributed by atoms with E-state index in [0.29, 0.717) is 19.5 Å². The average Bonchev–Trinajstić information content (AvgIpc) is 2.97. The third kappa shape index (κ3) is 4.76. The van der Waals surface area contributed by atoms with Gasteiger partial charge in [0.1, 0.15) is 0 Å². The minimum atomic E-state index is 0.0834. The van der Waals surface area contributed by atoms with Crippen molar-refractivity contribution in [2.75, 3.05) is 26.2 Å². The van der Waals surface area contributed by atoms with Gasteiger partial charge in [-0.1, -0.05) is 15.9 Å². The summed E-state index contributed by atoms with van der Waals surface area (Å²) < 4.78 is 3.12. The number of rotatable bonds is 3. The molecule has 1 saturated heterocycles. The molecule has 5 rings (SSSR count). The first-order valence-corrected chi connectivity index (χ1v) is 13.1. The van der Waals surface area contributed by atoms with Gasteiger partial charge in [0.05, 0.1) is 18.2 Å². The van der Waals surface area contributed by atoms with E-state index in [4.69, 9.17) is 4.98 Å². The van der Waals surface area contributed by atoms with E-state index < -0.39 is 0 Å². The molecule has 176 valence electrons. The number of piperazine rings is 1. The van der Waals surface area contributed by atoms with Crippen LogP contribution in [0.15, 0.2) is 57.9 Å². The van der Waals surface area contributed by atoms with Crippen LogP contribution in [0, 0.1) is 6.92 Å². The van der Waals surface area contributed by atoms with Crippen molar-refractivity contribution in [1.29, 1.82) is 0 Å². The van der Waals surface area contributed by atoms with E-state index in [1.807, 2.05) is 11.1 Å². The summed E-state index contributed by atoms with van der Waals surface area (Å²) >= 11 is 7.29. The highest BCUT2D eigenvalue weighted by atomic mass is 79.9. The molecule has 2 aliphatic rings. The molecule has 1 N–H and O–H groups in total. The molecular formula is C26H27Br2N4O2+. The van der Waals surface area contributed by atoms with Gasteiger partial charge in [0.25, 0.3) is 0 Å². The van der Waals surface area contributed by atoms with Crippen molar-refractivity contribution in [3.63, 3.8) is 0 Å². The Kier molecular flexibility index (Phi) is 6.73. The number of carbonyl (C=O) groups is 1. The number of aromatic nitrogens is 2. The number of halogens is 2. The van der Waals surface area contributed by atoms with Crippen molar-refractivity contribution < 1.29 is 14.7 Å². The lowest BCUT2D eigenvalue weighted by atomic mass is 9.92. The van der Waals surface area contributed by atoms with E-state index in [-0.39, 0.29) is 11.9 Å². The van der Waals surface area contributed by atoms with E-state index in [1.54, 1.807) is 24.5 Å².